The summed E-state index contributed by atoms with van der Waals surface area (Å²) in [5.74, 6) is 0.524. The average Bonchev–Trinajstić information content (AvgIpc) is 3.18. The standard InChI is InChI=1S/C15H11ClN2O4/c16-11-5-3-10(4-6-11)8-14(19)21-9-13-17-18-15(22-13)12-2-1-7-20-12/h1-7H,8-9H2. The van der Waals surface area contributed by atoms with E-state index in [9.17, 15) is 4.79 Å². The smallest absolute Gasteiger partial charge is 0.310 e. The SMILES string of the molecule is O=C(Cc1ccc(Cl)cc1)OCc1nnc(-c2ccco2)o1. The van der Waals surface area contributed by atoms with Crippen molar-refractivity contribution in [3.8, 4) is 11.7 Å². The quantitative estimate of drug-likeness (QED) is 0.672. The van der Waals surface area contributed by atoms with Crippen molar-refractivity contribution in [2.75, 3.05) is 0 Å². The highest BCUT2D eigenvalue weighted by atomic mass is 35.5. The Kier molecular flexibility index (Phi) is 4.20. The molecule has 3 aromatic rings. The number of hydrogen-bond acceptors (Lipinski definition) is 6. The van der Waals surface area contributed by atoms with Crippen LogP contribution in [0.4, 0.5) is 0 Å². The van der Waals surface area contributed by atoms with E-state index >= 15 is 0 Å². The molecule has 0 atom stereocenters. The minimum absolute atomic E-state index is 0.0832. The lowest BCUT2D eigenvalue weighted by molar-refractivity contribution is -0.144. The minimum atomic E-state index is -0.389. The second-order valence-corrected chi connectivity index (χ2v) is 4.88. The van der Waals surface area contributed by atoms with E-state index in [2.05, 4.69) is 10.2 Å². The zero-order valence-corrected chi connectivity index (χ0v) is 12.1. The molecule has 22 heavy (non-hydrogen) atoms. The summed E-state index contributed by atoms with van der Waals surface area (Å²) in [6, 6.07) is 10.4. The number of carbonyl (C=O) groups is 1. The molecule has 0 fully saturated rings. The fourth-order valence-corrected chi connectivity index (χ4v) is 1.90. The van der Waals surface area contributed by atoms with Crippen LogP contribution in [0.5, 0.6) is 0 Å². The monoisotopic (exact) mass is 318 g/mol. The van der Waals surface area contributed by atoms with Crippen LogP contribution in [0.3, 0.4) is 0 Å². The molecular weight excluding hydrogens is 308 g/mol. The Morgan fingerprint density at radius 1 is 1.18 bits per heavy atom. The molecule has 0 saturated carbocycles. The zero-order chi connectivity index (χ0) is 15.4. The largest absolute Gasteiger partial charge is 0.459 e. The van der Waals surface area contributed by atoms with Gasteiger partial charge in [-0.05, 0) is 29.8 Å². The van der Waals surface area contributed by atoms with Gasteiger partial charge < -0.3 is 13.6 Å². The number of furan rings is 1. The molecule has 6 nitrogen and oxygen atoms in total. The number of halogens is 1. The van der Waals surface area contributed by atoms with Gasteiger partial charge in [0.05, 0.1) is 12.7 Å². The highest BCUT2D eigenvalue weighted by Crippen LogP contribution is 2.18. The second-order valence-electron chi connectivity index (χ2n) is 4.44. The second kappa shape index (κ2) is 6.44. The number of ether oxygens (including phenoxy) is 1. The molecule has 0 saturated heterocycles. The third-order valence-corrected chi connectivity index (χ3v) is 3.07. The van der Waals surface area contributed by atoms with Crippen molar-refractivity contribution < 1.29 is 18.4 Å². The highest BCUT2D eigenvalue weighted by Gasteiger charge is 2.12. The van der Waals surface area contributed by atoms with E-state index in [4.69, 9.17) is 25.2 Å². The van der Waals surface area contributed by atoms with Crippen LogP contribution in [-0.4, -0.2) is 16.2 Å². The first-order valence-electron chi connectivity index (χ1n) is 6.47. The summed E-state index contributed by atoms with van der Waals surface area (Å²) in [4.78, 5) is 11.7. The van der Waals surface area contributed by atoms with Crippen LogP contribution in [0.15, 0.2) is 51.5 Å². The van der Waals surface area contributed by atoms with Gasteiger partial charge in [0.25, 0.3) is 11.8 Å². The molecule has 112 valence electrons. The van der Waals surface area contributed by atoms with E-state index in [1.165, 1.54) is 6.26 Å². The third kappa shape index (κ3) is 3.53. The van der Waals surface area contributed by atoms with E-state index in [-0.39, 0.29) is 30.8 Å². The maximum Gasteiger partial charge on any atom is 0.310 e. The van der Waals surface area contributed by atoms with Crippen molar-refractivity contribution in [2.24, 2.45) is 0 Å². The van der Waals surface area contributed by atoms with Crippen LogP contribution < -0.4 is 0 Å². The molecule has 0 N–H and O–H groups in total. The van der Waals surface area contributed by atoms with E-state index in [0.29, 0.717) is 10.8 Å². The van der Waals surface area contributed by atoms with E-state index in [1.807, 2.05) is 0 Å². The van der Waals surface area contributed by atoms with Crippen LogP contribution in [0.1, 0.15) is 11.5 Å². The molecule has 0 radical (unpaired) electrons. The number of hydrogen-bond donors (Lipinski definition) is 0. The van der Waals surface area contributed by atoms with Crippen LogP contribution in [0, 0.1) is 0 Å². The summed E-state index contributed by atoms with van der Waals surface area (Å²) in [5, 5.41) is 8.22. The summed E-state index contributed by atoms with van der Waals surface area (Å²) < 4.78 is 15.6. The minimum Gasteiger partial charge on any atom is -0.459 e. The normalized spacial score (nSPS) is 10.6. The van der Waals surface area contributed by atoms with Crippen molar-refractivity contribution >= 4 is 17.6 Å². The highest BCUT2D eigenvalue weighted by molar-refractivity contribution is 6.30. The summed E-state index contributed by atoms with van der Waals surface area (Å²) in [7, 11) is 0. The summed E-state index contributed by atoms with van der Waals surface area (Å²) in [6.45, 7) is -0.0832. The first kappa shape index (κ1) is 14.3. The molecule has 0 bridgehead atoms. The topological polar surface area (TPSA) is 78.4 Å². The zero-order valence-electron chi connectivity index (χ0n) is 11.4. The average molecular weight is 319 g/mol. The molecule has 2 aromatic heterocycles. The van der Waals surface area contributed by atoms with Gasteiger partial charge in [0.15, 0.2) is 12.4 Å². The predicted molar refractivity (Wildman–Crippen MR) is 77.0 cm³/mol. The van der Waals surface area contributed by atoms with Gasteiger partial charge in [0.1, 0.15) is 0 Å². The molecule has 0 unspecified atom stereocenters. The number of carbonyl (C=O) groups excluding carboxylic acids is 1. The lowest BCUT2D eigenvalue weighted by Crippen LogP contribution is -2.08. The Labute approximate surface area is 130 Å². The summed E-state index contributed by atoms with van der Waals surface area (Å²) in [6.07, 6.45) is 1.65. The van der Waals surface area contributed by atoms with Crippen molar-refractivity contribution in [3.63, 3.8) is 0 Å². The number of aromatic nitrogens is 2. The third-order valence-electron chi connectivity index (χ3n) is 2.82. The fourth-order valence-electron chi connectivity index (χ4n) is 1.77. The van der Waals surface area contributed by atoms with Crippen LogP contribution in [0.2, 0.25) is 5.02 Å². The lowest BCUT2D eigenvalue weighted by Gasteiger charge is -2.02. The molecule has 3 rings (SSSR count). The lowest BCUT2D eigenvalue weighted by atomic mass is 10.2. The molecule has 0 aliphatic heterocycles. The molecule has 1 aromatic carbocycles. The molecular formula is C15H11ClN2O4. The van der Waals surface area contributed by atoms with Crippen LogP contribution in [0.25, 0.3) is 11.7 Å². The Balaban J connectivity index is 1.54. The Bertz CT molecular complexity index is 750. The number of benzene rings is 1. The predicted octanol–water partition coefficient (Wildman–Crippen LogP) is 3.27. The van der Waals surface area contributed by atoms with Crippen LogP contribution in [-0.2, 0) is 22.6 Å². The van der Waals surface area contributed by atoms with E-state index in [1.54, 1.807) is 36.4 Å². The van der Waals surface area contributed by atoms with Crippen LogP contribution >= 0.6 is 11.6 Å². The summed E-state index contributed by atoms with van der Waals surface area (Å²) >= 11 is 5.78. The van der Waals surface area contributed by atoms with Gasteiger partial charge in [0.2, 0.25) is 0 Å². The maximum atomic E-state index is 11.7. The fraction of sp³-hybridized carbons (Fsp3) is 0.133. The molecule has 0 amide bonds. The number of nitrogens with zero attached hydrogens (tertiary/aromatic N) is 2. The van der Waals surface area contributed by atoms with Crippen molar-refractivity contribution in [1.82, 2.24) is 10.2 Å². The summed E-state index contributed by atoms with van der Waals surface area (Å²) in [5.41, 5.74) is 0.816. The Morgan fingerprint density at radius 2 is 2.00 bits per heavy atom. The van der Waals surface area contributed by atoms with Crippen molar-refractivity contribution in [1.29, 1.82) is 0 Å². The van der Waals surface area contributed by atoms with Gasteiger partial charge >= 0.3 is 5.97 Å². The molecule has 0 aliphatic carbocycles. The van der Waals surface area contributed by atoms with Gasteiger partial charge in [0, 0.05) is 5.02 Å². The van der Waals surface area contributed by atoms with Gasteiger partial charge in [-0.3, -0.25) is 4.79 Å². The molecule has 0 spiro atoms. The van der Waals surface area contributed by atoms with Crippen molar-refractivity contribution in [2.45, 2.75) is 13.0 Å². The van der Waals surface area contributed by atoms with Gasteiger partial charge in [-0.25, -0.2) is 0 Å². The van der Waals surface area contributed by atoms with Gasteiger partial charge in [-0.15, -0.1) is 10.2 Å². The van der Waals surface area contributed by atoms with E-state index < -0.39 is 0 Å². The number of esters is 1. The van der Waals surface area contributed by atoms with Gasteiger partial charge in [-0.2, -0.15) is 0 Å². The van der Waals surface area contributed by atoms with Gasteiger partial charge in [-0.1, -0.05) is 23.7 Å². The first-order chi connectivity index (χ1) is 10.7. The molecule has 2 heterocycles. The van der Waals surface area contributed by atoms with E-state index in [0.717, 1.165) is 5.56 Å². The molecule has 0 aliphatic rings. The maximum absolute atomic E-state index is 11.7. The first-order valence-corrected chi connectivity index (χ1v) is 6.85. The Hall–Kier alpha value is -2.60. The Morgan fingerprint density at radius 3 is 2.73 bits per heavy atom. The van der Waals surface area contributed by atoms with Crippen molar-refractivity contribution in [3.05, 3.63) is 59.1 Å². The number of rotatable bonds is 5. The molecule has 7 heteroatoms.